The summed E-state index contributed by atoms with van der Waals surface area (Å²) < 4.78 is 2.00. The SMILES string of the molecule is O=C(CCn1cnc2ccccc21)NCc1ccc(N2CCCC2=O)cc1. The Morgan fingerprint density at radius 1 is 1.11 bits per heavy atom. The van der Waals surface area contributed by atoms with Gasteiger partial charge in [0.25, 0.3) is 0 Å². The molecule has 2 heterocycles. The predicted molar refractivity (Wildman–Crippen MR) is 104 cm³/mol. The van der Waals surface area contributed by atoms with Crippen LogP contribution in [0.2, 0.25) is 0 Å². The Labute approximate surface area is 157 Å². The molecule has 138 valence electrons. The van der Waals surface area contributed by atoms with Crippen LogP contribution in [0.15, 0.2) is 54.9 Å². The van der Waals surface area contributed by atoms with Crippen molar-refractivity contribution in [2.24, 2.45) is 0 Å². The van der Waals surface area contributed by atoms with E-state index in [9.17, 15) is 9.59 Å². The molecule has 0 saturated carbocycles. The fourth-order valence-corrected chi connectivity index (χ4v) is 3.41. The van der Waals surface area contributed by atoms with Crippen LogP contribution in [-0.4, -0.2) is 27.9 Å². The fraction of sp³-hybridized carbons (Fsp3) is 0.286. The van der Waals surface area contributed by atoms with E-state index in [1.54, 1.807) is 6.33 Å². The topological polar surface area (TPSA) is 67.2 Å². The lowest BCUT2D eigenvalue weighted by atomic mass is 10.2. The summed E-state index contributed by atoms with van der Waals surface area (Å²) in [6, 6.07) is 15.7. The van der Waals surface area contributed by atoms with Crippen molar-refractivity contribution in [3.8, 4) is 0 Å². The van der Waals surface area contributed by atoms with Gasteiger partial charge >= 0.3 is 0 Å². The van der Waals surface area contributed by atoms with Crippen molar-refractivity contribution in [1.82, 2.24) is 14.9 Å². The van der Waals surface area contributed by atoms with Gasteiger partial charge in [-0.25, -0.2) is 4.98 Å². The van der Waals surface area contributed by atoms with E-state index in [1.165, 1.54) is 0 Å². The summed E-state index contributed by atoms with van der Waals surface area (Å²) in [5.41, 5.74) is 3.93. The number of nitrogens with zero attached hydrogens (tertiary/aromatic N) is 3. The highest BCUT2D eigenvalue weighted by molar-refractivity contribution is 5.95. The summed E-state index contributed by atoms with van der Waals surface area (Å²) in [4.78, 5) is 30.1. The number of carbonyl (C=O) groups is 2. The van der Waals surface area contributed by atoms with E-state index in [0.29, 0.717) is 25.9 Å². The van der Waals surface area contributed by atoms with Crippen LogP contribution in [-0.2, 0) is 22.7 Å². The molecule has 1 aliphatic heterocycles. The zero-order valence-electron chi connectivity index (χ0n) is 15.1. The van der Waals surface area contributed by atoms with Crippen molar-refractivity contribution < 1.29 is 9.59 Å². The van der Waals surface area contributed by atoms with Gasteiger partial charge in [-0.05, 0) is 36.2 Å². The molecular formula is C21H22N4O2. The second kappa shape index (κ2) is 7.61. The van der Waals surface area contributed by atoms with Gasteiger partial charge in [0.05, 0.1) is 17.4 Å². The first kappa shape index (κ1) is 17.3. The molecule has 0 atom stereocenters. The predicted octanol–water partition coefficient (Wildman–Crippen LogP) is 2.87. The van der Waals surface area contributed by atoms with Crippen molar-refractivity contribution >= 4 is 28.5 Å². The third-order valence-corrected chi connectivity index (χ3v) is 4.92. The number of hydrogen-bond donors (Lipinski definition) is 1. The van der Waals surface area contributed by atoms with Crippen LogP contribution < -0.4 is 10.2 Å². The minimum Gasteiger partial charge on any atom is -0.352 e. The van der Waals surface area contributed by atoms with Crippen molar-refractivity contribution in [2.45, 2.75) is 32.4 Å². The third-order valence-electron chi connectivity index (χ3n) is 4.92. The van der Waals surface area contributed by atoms with Crippen LogP contribution in [0.1, 0.15) is 24.8 Å². The Hall–Kier alpha value is -3.15. The first-order valence-corrected chi connectivity index (χ1v) is 9.26. The lowest BCUT2D eigenvalue weighted by Crippen LogP contribution is -2.24. The number of fused-ring (bicyclic) bond motifs is 1. The van der Waals surface area contributed by atoms with E-state index in [2.05, 4.69) is 10.3 Å². The quantitative estimate of drug-likeness (QED) is 0.733. The molecule has 0 unspecified atom stereocenters. The highest BCUT2D eigenvalue weighted by Gasteiger charge is 2.21. The van der Waals surface area contributed by atoms with Gasteiger partial charge in [0, 0.05) is 38.2 Å². The van der Waals surface area contributed by atoms with Gasteiger partial charge in [0.1, 0.15) is 0 Å². The molecule has 0 radical (unpaired) electrons. The minimum atomic E-state index is 0.00609. The molecule has 1 aromatic heterocycles. The largest absolute Gasteiger partial charge is 0.352 e. The lowest BCUT2D eigenvalue weighted by Gasteiger charge is -2.16. The molecule has 3 aromatic rings. The number of imidazole rings is 1. The van der Waals surface area contributed by atoms with E-state index in [-0.39, 0.29) is 11.8 Å². The van der Waals surface area contributed by atoms with E-state index in [0.717, 1.165) is 35.2 Å². The number of anilines is 1. The first-order valence-electron chi connectivity index (χ1n) is 9.26. The maximum Gasteiger partial charge on any atom is 0.227 e. The molecule has 1 saturated heterocycles. The van der Waals surface area contributed by atoms with Crippen LogP contribution in [0.4, 0.5) is 5.69 Å². The normalized spacial score (nSPS) is 14.1. The van der Waals surface area contributed by atoms with E-state index in [1.807, 2.05) is 58.0 Å². The van der Waals surface area contributed by atoms with Crippen LogP contribution in [0, 0.1) is 0 Å². The van der Waals surface area contributed by atoms with Gasteiger partial charge in [-0.1, -0.05) is 24.3 Å². The number of para-hydroxylation sites is 2. The molecular weight excluding hydrogens is 340 g/mol. The van der Waals surface area contributed by atoms with Crippen molar-refractivity contribution in [3.05, 3.63) is 60.4 Å². The minimum absolute atomic E-state index is 0.00609. The number of aromatic nitrogens is 2. The van der Waals surface area contributed by atoms with Crippen molar-refractivity contribution in [1.29, 1.82) is 0 Å². The number of hydrogen-bond acceptors (Lipinski definition) is 3. The molecule has 0 bridgehead atoms. The molecule has 1 N–H and O–H groups in total. The van der Waals surface area contributed by atoms with Crippen molar-refractivity contribution in [2.75, 3.05) is 11.4 Å². The van der Waals surface area contributed by atoms with Gasteiger partial charge in [-0.15, -0.1) is 0 Å². The van der Waals surface area contributed by atoms with Crippen LogP contribution in [0.5, 0.6) is 0 Å². The van der Waals surface area contributed by atoms with E-state index >= 15 is 0 Å². The third kappa shape index (κ3) is 3.84. The Morgan fingerprint density at radius 2 is 1.93 bits per heavy atom. The van der Waals surface area contributed by atoms with Gasteiger partial charge in [0.15, 0.2) is 0 Å². The van der Waals surface area contributed by atoms with Crippen LogP contribution in [0.3, 0.4) is 0 Å². The Kier molecular flexibility index (Phi) is 4.87. The summed E-state index contributed by atoms with van der Waals surface area (Å²) in [5, 5.41) is 2.95. The number of rotatable bonds is 6. The number of benzene rings is 2. The standard InChI is InChI=1S/C21H22N4O2/c26-20(11-13-24-15-23-18-4-1-2-5-19(18)24)22-14-16-7-9-17(10-8-16)25-12-3-6-21(25)27/h1-2,4-5,7-10,15H,3,6,11-14H2,(H,22,26). The summed E-state index contributed by atoms with van der Waals surface area (Å²) in [6.45, 7) is 1.87. The summed E-state index contributed by atoms with van der Waals surface area (Å²) in [7, 11) is 0. The van der Waals surface area contributed by atoms with Crippen LogP contribution in [0.25, 0.3) is 11.0 Å². The van der Waals surface area contributed by atoms with Gasteiger partial charge in [-0.2, -0.15) is 0 Å². The monoisotopic (exact) mass is 362 g/mol. The van der Waals surface area contributed by atoms with Crippen LogP contribution >= 0.6 is 0 Å². The summed E-state index contributed by atoms with van der Waals surface area (Å²) in [6.07, 6.45) is 3.73. The molecule has 27 heavy (non-hydrogen) atoms. The Balaban J connectivity index is 1.28. The second-order valence-corrected chi connectivity index (χ2v) is 6.77. The maximum atomic E-state index is 12.2. The van der Waals surface area contributed by atoms with Crippen molar-refractivity contribution in [3.63, 3.8) is 0 Å². The zero-order chi connectivity index (χ0) is 18.6. The average Bonchev–Trinajstić information content (AvgIpc) is 3.31. The molecule has 1 fully saturated rings. The van der Waals surface area contributed by atoms with Gasteiger partial charge in [-0.3, -0.25) is 9.59 Å². The molecule has 2 amide bonds. The molecule has 0 spiro atoms. The Morgan fingerprint density at radius 3 is 2.70 bits per heavy atom. The Bertz CT molecular complexity index is 962. The maximum absolute atomic E-state index is 12.2. The van der Waals surface area contributed by atoms with E-state index in [4.69, 9.17) is 0 Å². The molecule has 2 aromatic carbocycles. The highest BCUT2D eigenvalue weighted by atomic mass is 16.2. The fourth-order valence-electron chi connectivity index (χ4n) is 3.41. The highest BCUT2D eigenvalue weighted by Crippen LogP contribution is 2.21. The number of aryl methyl sites for hydroxylation is 1. The van der Waals surface area contributed by atoms with Gasteiger partial charge < -0.3 is 14.8 Å². The zero-order valence-corrected chi connectivity index (χ0v) is 15.1. The average molecular weight is 362 g/mol. The molecule has 4 rings (SSSR count). The molecule has 1 aliphatic rings. The summed E-state index contributed by atoms with van der Waals surface area (Å²) >= 11 is 0. The second-order valence-electron chi connectivity index (χ2n) is 6.77. The first-order chi connectivity index (χ1) is 13.2. The number of amides is 2. The van der Waals surface area contributed by atoms with Gasteiger partial charge in [0.2, 0.25) is 11.8 Å². The summed E-state index contributed by atoms with van der Waals surface area (Å²) in [5.74, 6) is 0.189. The molecule has 6 heteroatoms. The number of carbonyl (C=O) groups excluding carboxylic acids is 2. The van der Waals surface area contributed by atoms with E-state index < -0.39 is 0 Å². The smallest absolute Gasteiger partial charge is 0.227 e. The lowest BCUT2D eigenvalue weighted by molar-refractivity contribution is -0.121. The molecule has 0 aliphatic carbocycles. The molecule has 6 nitrogen and oxygen atoms in total. The number of nitrogens with one attached hydrogen (secondary N) is 1.